The first-order valence-electron chi connectivity index (χ1n) is 7.00. The second-order valence-corrected chi connectivity index (χ2v) is 8.61. The van der Waals surface area contributed by atoms with Crippen molar-refractivity contribution < 1.29 is 17.9 Å². The van der Waals surface area contributed by atoms with Crippen LogP contribution in [-0.4, -0.2) is 34.0 Å². The summed E-state index contributed by atoms with van der Waals surface area (Å²) in [6, 6.07) is 5.88. The Kier molecular flexibility index (Phi) is 5.17. The van der Waals surface area contributed by atoms with Gasteiger partial charge >= 0.3 is 0 Å². The zero-order valence-electron chi connectivity index (χ0n) is 12.4. The zero-order chi connectivity index (χ0) is 15.5. The number of benzene rings is 1. The molecule has 1 fully saturated rings. The molecule has 0 N–H and O–H groups in total. The molecule has 1 aliphatic rings. The molecule has 21 heavy (non-hydrogen) atoms. The van der Waals surface area contributed by atoms with Gasteiger partial charge in [-0.15, -0.1) is 0 Å². The molecule has 0 aromatic heterocycles. The third-order valence-corrected chi connectivity index (χ3v) is 5.34. The molecule has 2 rings (SSSR count). The average molecular weight is 333 g/mol. The maximum Gasteiger partial charge on any atom is 0.233 e. The lowest BCUT2D eigenvalue weighted by atomic mass is 9.83. The molecule has 0 atom stereocenters. The van der Waals surface area contributed by atoms with Crippen LogP contribution in [0.1, 0.15) is 24.0 Å². The van der Waals surface area contributed by atoms with Crippen molar-refractivity contribution >= 4 is 19.7 Å². The standard InChI is InChI=1S/C15H21ClO4S/c1-12-3-4-14(9-13(12)2)20-10-15(11-21(16,17)18)5-7-19-8-6-15/h3-4,9H,5-8,10-11H2,1-2H3. The van der Waals surface area contributed by atoms with Gasteiger partial charge in [-0.1, -0.05) is 6.07 Å². The van der Waals surface area contributed by atoms with Gasteiger partial charge in [-0.3, -0.25) is 0 Å². The lowest BCUT2D eigenvalue weighted by molar-refractivity contribution is 0.00227. The molecule has 0 aliphatic carbocycles. The number of aryl methyl sites for hydroxylation is 2. The zero-order valence-corrected chi connectivity index (χ0v) is 14.0. The fraction of sp³-hybridized carbons (Fsp3) is 0.600. The van der Waals surface area contributed by atoms with E-state index in [1.807, 2.05) is 32.0 Å². The minimum Gasteiger partial charge on any atom is -0.493 e. The third-order valence-electron chi connectivity index (χ3n) is 4.06. The number of hydrogen-bond acceptors (Lipinski definition) is 4. The summed E-state index contributed by atoms with van der Waals surface area (Å²) in [4.78, 5) is 0. The van der Waals surface area contributed by atoms with Gasteiger partial charge in [-0.2, -0.15) is 0 Å². The molecule has 1 saturated heterocycles. The second-order valence-electron chi connectivity index (χ2n) is 5.83. The summed E-state index contributed by atoms with van der Waals surface area (Å²) < 4.78 is 34.2. The van der Waals surface area contributed by atoms with Gasteiger partial charge in [0.05, 0.1) is 12.4 Å². The summed E-state index contributed by atoms with van der Waals surface area (Å²) in [6.07, 6.45) is 1.29. The highest BCUT2D eigenvalue weighted by Gasteiger charge is 2.37. The smallest absolute Gasteiger partial charge is 0.233 e. The first kappa shape index (κ1) is 16.6. The van der Waals surface area contributed by atoms with Crippen molar-refractivity contribution in [1.29, 1.82) is 0 Å². The van der Waals surface area contributed by atoms with Gasteiger partial charge < -0.3 is 9.47 Å². The van der Waals surface area contributed by atoms with Crippen molar-refractivity contribution in [2.75, 3.05) is 25.6 Å². The lowest BCUT2D eigenvalue weighted by Crippen LogP contribution is -2.40. The van der Waals surface area contributed by atoms with Crippen molar-refractivity contribution in [3.05, 3.63) is 29.3 Å². The normalized spacial score (nSPS) is 18.4. The van der Waals surface area contributed by atoms with Crippen molar-refractivity contribution in [2.45, 2.75) is 26.7 Å². The summed E-state index contributed by atoms with van der Waals surface area (Å²) >= 11 is 0. The minimum atomic E-state index is -3.56. The van der Waals surface area contributed by atoms with Gasteiger partial charge in [0, 0.05) is 29.3 Å². The topological polar surface area (TPSA) is 52.6 Å². The van der Waals surface area contributed by atoms with Crippen LogP contribution in [0.4, 0.5) is 0 Å². The molecular weight excluding hydrogens is 312 g/mol. The lowest BCUT2D eigenvalue weighted by Gasteiger charge is -2.35. The molecule has 0 bridgehead atoms. The van der Waals surface area contributed by atoms with Crippen molar-refractivity contribution in [2.24, 2.45) is 5.41 Å². The van der Waals surface area contributed by atoms with E-state index in [4.69, 9.17) is 20.2 Å². The first-order chi connectivity index (χ1) is 9.80. The molecular formula is C15H21ClO4S. The van der Waals surface area contributed by atoms with Gasteiger partial charge in [-0.05, 0) is 49.9 Å². The average Bonchev–Trinajstić information content (AvgIpc) is 2.39. The predicted octanol–water partition coefficient (Wildman–Crippen LogP) is 3.05. The highest BCUT2D eigenvalue weighted by Crippen LogP contribution is 2.34. The van der Waals surface area contributed by atoms with E-state index in [-0.39, 0.29) is 5.75 Å². The van der Waals surface area contributed by atoms with Crippen LogP contribution in [-0.2, 0) is 13.8 Å². The van der Waals surface area contributed by atoms with Crippen LogP contribution in [0.15, 0.2) is 18.2 Å². The number of halogens is 1. The summed E-state index contributed by atoms with van der Waals surface area (Å²) in [6.45, 7) is 5.49. The molecule has 4 nitrogen and oxygen atoms in total. The quantitative estimate of drug-likeness (QED) is 0.778. The molecule has 0 saturated carbocycles. The minimum absolute atomic E-state index is 0.0737. The molecule has 0 spiro atoms. The maximum absolute atomic E-state index is 11.5. The van der Waals surface area contributed by atoms with Crippen LogP contribution in [0.2, 0.25) is 0 Å². The van der Waals surface area contributed by atoms with E-state index in [0.717, 1.165) is 11.3 Å². The van der Waals surface area contributed by atoms with Gasteiger partial charge in [-0.25, -0.2) is 8.42 Å². The van der Waals surface area contributed by atoms with Gasteiger partial charge in [0.25, 0.3) is 0 Å². The van der Waals surface area contributed by atoms with Gasteiger partial charge in [0.2, 0.25) is 9.05 Å². The largest absolute Gasteiger partial charge is 0.493 e. The maximum atomic E-state index is 11.5. The molecule has 1 aromatic carbocycles. The molecule has 1 aliphatic heterocycles. The van der Waals surface area contributed by atoms with E-state index in [1.165, 1.54) is 5.56 Å². The predicted molar refractivity (Wildman–Crippen MR) is 83.5 cm³/mol. The highest BCUT2D eigenvalue weighted by atomic mass is 35.7. The van der Waals surface area contributed by atoms with Crippen LogP contribution in [0.3, 0.4) is 0 Å². The Morgan fingerprint density at radius 2 is 1.90 bits per heavy atom. The van der Waals surface area contributed by atoms with E-state index >= 15 is 0 Å². The van der Waals surface area contributed by atoms with E-state index in [2.05, 4.69) is 0 Å². The van der Waals surface area contributed by atoms with Crippen molar-refractivity contribution in [3.63, 3.8) is 0 Å². The van der Waals surface area contributed by atoms with Crippen LogP contribution in [0.25, 0.3) is 0 Å². The Labute approximate surface area is 130 Å². The van der Waals surface area contributed by atoms with E-state index in [1.54, 1.807) is 0 Å². The molecule has 1 heterocycles. The van der Waals surface area contributed by atoms with Crippen LogP contribution in [0.5, 0.6) is 5.75 Å². The Hall–Kier alpha value is -0.780. The third kappa shape index (κ3) is 4.87. The Balaban J connectivity index is 2.10. The molecule has 0 amide bonds. The number of ether oxygens (including phenoxy) is 2. The van der Waals surface area contributed by atoms with Crippen molar-refractivity contribution in [3.8, 4) is 5.75 Å². The number of hydrogen-bond donors (Lipinski definition) is 0. The molecule has 0 unspecified atom stereocenters. The van der Waals surface area contributed by atoms with Gasteiger partial charge in [0.1, 0.15) is 5.75 Å². The van der Waals surface area contributed by atoms with Crippen LogP contribution >= 0.6 is 10.7 Å². The fourth-order valence-electron chi connectivity index (χ4n) is 2.54. The van der Waals surface area contributed by atoms with Crippen molar-refractivity contribution in [1.82, 2.24) is 0 Å². The monoisotopic (exact) mass is 332 g/mol. The fourth-order valence-corrected chi connectivity index (χ4v) is 4.34. The summed E-state index contributed by atoms with van der Waals surface area (Å²) in [5.41, 5.74) is 1.89. The summed E-state index contributed by atoms with van der Waals surface area (Å²) in [5, 5.41) is 0. The SMILES string of the molecule is Cc1ccc(OCC2(CS(=O)(=O)Cl)CCOCC2)cc1C. The van der Waals surface area contributed by atoms with Gasteiger partial charge in [0.15, 0.2) is 0 Å². The Morgan fingerprint density at radius 1 is 1.24 bits per heavy atom. The molecule has 118 valence electrons. The molecule has 6 heteroatoms. The Bertz CT molecular complexity index is 592. The van der Waals surface area contributed by atoms with Crippen LogP contribution < -0.4 is 4.74 Å². The van der Waals surface area contributed by atoms with E-state index < -0.39 is 14.5 Å². The summed E-state index contributed by atoms with van der Waals surface area (Å²) in [5.74, 6) is 0.686. The van der Waals surface area contributed by atoms with Crippen LogP contribution in [0, 0.1) is 19.3 Å². The van der Waals surface area contributed by atoms with E-state index in [0.29, 0.717) is 32.7 Å². The second kappa shape index (κ2) is 6.55. The van der Waals surface area contributed by atoms with E-state index in [9.17, 15) is 8.42 Å². The molecule has 0 radical (unpaired) electrons. The number of rotatable bonds is 5. The molecule has 1 aromatic rings. The Morgan fingerprint density at radius 3 is 2.48 bits per heavy atom. The highest BCUT2D eigenvalue weighted by molar-refractivity contribution is 8.13. The first-order valence-corrected chi connectivity index (χ1v) is 9.48. The summed E-state index contributed by atoms with van der Waals surface area (Å²) in [7, 11) is 1.89.